The van der Waals surface area contributed by atoms with Gasteiger partial charge in [0.2, 0.25) is 5.91 Å². The predicted octanol–water partition coefficient (Wildman–Crippen LogP) is 3.77. The number of nitrogens with zero attached hydrogens (tertiary/aromatic N) is 7. The molecule has 11 nitrogen and oxygen atoms in total. The van der Waals surface area contributed by atoms with Gasteiger partial charge >= 0.3 is 0 Å². The summed E-state index contributed by atoms with van der Waals surface area (Å²) >= 11 is 1.58. The lowest BCUT2D eigenvalue weighted by Gasteiger charge is -2.30. The van der Waals surface area contributed by atoms with Crippen LogP contribution in [0.15, 0.2) is 52.0 Å². The number of piperidine rings is 1. The van der Waals surface area contributed by atoms with Crippen molar-refractivity contribution in [3.8, 4) is 11.3 Å². The molecule has 2 aliphatic heterocycles. The number of carbonyl (C=O) groups is 1. The third kappa shape index (κ3) is 6.01. The Morgan fingerprint density at radius 1 is 1.28 bits per heavy atom. The first kappa shape index (κ1) is 25.6. The Bertz CT molecular complexity index is 1480. The Morgan fingerprint density at radius 3 is 3.05 bits per heavy atom. The molecule has 2 aliphatic rings. The average molecular weight is 548 g/mol. The summed E-state index contributed by atoms with van der Waals surface area (Å²) in [6.07, 6.45) is 12.5. The lowest BCUT2D eigenvalue weighted by atomic mass is 10.00. The number of furan rings is 1. The predicted molar refractivity (Wildman–Crippen MR) is 151 cm³/mol. The first-order chi connectivity index (χ1) is 19.0. The van der Waals surface area contributed by atoms with Crippen LogP contribution in [0, 0.1) is 12.8 Å². The topological polar surface area (TPSA) is 118 Å². The Hall–Kier alpha value is -3.64. The van der Waals surface area contributed by atoms with Crippen LogP contribution in [0.2, 0.25) is 0 Å². The maximum Gasteiger partial charge on any atom is 0.242 e. The van der Waals surface area contributed by atoms with E-state index in [1.807, 2.05) is 36.0 Å². The molecule has 0 saturated carbocycles. The van der Waals surface area contributed by atoms with E-state index >= 15 is 0 Å². The molecule has 0 aromatic carbocycles. The van der Waals surface area contributed by atoms with Crippen molar-refractivity contribution in [1.29, 1.82) is 0 Å². The number of hydrogen-bond acceptors (Lipinski definition) is 9. The van der Waals surface area contributed by atoms with Gasteiger partial charge < -0.3 is 15.1 Å². The molecule has 6 heterocycles. The number of aromatic nitrogens is 5. The van der Waals surface area contributed by atoms with Crippen LogP contribution in [-0.4, -0.2) is 65.7 Å². The normalized spacial score (nSPS) is 19.9. The highest BCUT2D eigenvalue weighted by molar-refractivity contribution is 7.99. The van der Waals surface area contributed by atoms with Crippen LogP contribution in [0.25, 0.3) is 16.9 Å². The van der Waals surface area contributed by atoms with E-state index < -0.39 is 0 Å². The molecule has 2 unspecified atom stereocenters. The molecule has 6 rings (SSSR count). The minimum atomic E-state index is -0.142. The second-order valence-corrected chi connectivity index (χ2v) is 11.4. The van der Waals surface area contributed by atoms with Gasteiger partial charge in [-0.2, -0.15) is 5.10 Å². The van der Waals surface area contributed by atoms with Crippen molar-refractivity contribution in [2.75, 3.05) is 25.0 Å². The summed E-state index contributed by atoms with van der Waals surface area (Å²) in [5.41, 5.74) is 4.62. The van der Waals surface area contributed by atoms with E-state index in [9.17, 15) is 4.79 Å². The molecule has 1 amide bonds. The van der Waals surface area contributed by atoms with Crippen LogP contribution >= 0.6 is 11.9 Å². The van der Waals surface area contributed by atoms with Gasteiger partial charge in [-0.15, -0.1) is 0 Å². The van der Waals surface area contributed by atoms with Crippen LogP contribution in [0.1, 0.15) is 37.6 Å². The molecule has 0 aliphatic carbocycles. The highest BCUT2D eigenvalue weighted by Gasteiger charge is 2.25. The minimum Gasteiger partial charge on any atom is -0.467 e. The monoisotopic (exact) mass is 547 g/mol. The second-order valence-electron chi connectivity index (χ2n) is 10.4. The molecule has 0 spiro atoms. The molecular weight excluding hydrogens is 514 g/mol. The van der Waals surface area contributed by atoms with Gasteiger partial charge in [0.15, 0.2) is 11.5 Å². The van der Waals surface area contributed by atoms with E-state index in [0.717, 1.165) is 60.4 Å². The van der Waals surface area contributed by atoms with Crippen molar-refractivity contribution in [2.24, 2.45) is 10.3 Å². The summed E-state index contributed by atoms with van der Waals surface area (Å²) in [6, 6.07) is 3.62. The van der Waals surface area contributed by atoms with Crippen molar-refractivity contribution >= 4 is 35.0 Å². The zero-order chi connectivity index (χ0) is 26.8. The molecule has 1 fully saturated rings. The molecule has 4 aromatic rings. The van der Waals surface area contributed by atoms with Crippen LogP contribution in [-0.2, 0) is 17.9 Å². The van der Waals surface area contributed by atoms with Gasteiger partial charge in [-0.1, -0.05) is 6.92 Å². The minimum absolute atomic E-state index is 0.114. The molecule has 0 bridgehead atoms. The number of likely N-dealkylation sites (tertiary alicyclic amines) is 1. The number of aryl methyl sites for hydroxylation is 1. The molecule has 0 radical (unpaired) electrons. The largest absolute Gasteiger partial charge is 0.467 e. The van der Waals surface area contributed by atoms with Gasteiger partial charge in [-0.25, -0.2) is 14.4 Å². The van der Waals surface area contributed by atoms with Gasteiger partial charge in [-0.3, -0.25) is 18.8 Å². The van der Waals surface area contributed by atoms with E-state index in [0.29, 0.717) is 12.3 Å². The van der Waals surface area contributed by atoms with E-state index in [1.54, 1.807) is 35.2 Å². The molecule has 4 aromatic heterocycles. The summed E-state index contributed by atoms with van der Waals surface area (Å²) in [4.78, 5) is 24.3. The van der Waals surface area contributed by atoms with E-state index in [-0.39, 0.29) is 17.8 Å². The SMILES string of the molecule is Cc1cn2c(-c3cnn(CC(=O)NCc4ccco4)c3)cnc2c(NC2CC(CN3CCCC(C)C3)=NS2)n1. The van der Waals surface area contributed by atoms with Crippen LogP contribution < -0.4 is 10.6 Å². The number of imidazole rings is 1. The summed E-state index contributed by atoms with van der Waals surface area (Å²) in [6.45, 7) is 8.04. The maximum absolute atomic E-state index is 12.4. The molecule has 204 valence electrons. The first-order valence-corrected chi connectivity index (χ1v) is 14.2. The molecule has 1 saturated heterocycles. The van der Waals surface area contributed by atoms with E-state index in [1.165, 1.54) is 18.6 Å². The van der Waals surface area contributed by atoms with E-state index in [4.69, 9.17) is 13.8 Å². The average Bonchev–Trinajstić information content (AvgIpc) is 3.71. The van der Waals surface area contributed by atoms with Crippen LogP contribution in [0.3, 0.4) is 0 Å². The number of hydrogen-bond donors (Lipinski definition) is 2. The summed E-state index contributed by atoms with van der Waals surface area (Å²) < 4.78 is 13.7. The van der Waals surface area contributed by atoms with Crippen LogP contribution in [0.4, 0.5) is 5.82 Å². The summed E-state index contributed by atoms with van der Waals surface area (Å²) in [7, 11) is 0. The lowest BCUT2D eigenvalue weighted by Crippen LogP contribution is -2.38. The number of amides is 1. The fourth-order valence-electron chi connectivity index (χ4n) is 5.24. The summed E-state index contributed by atoms with van der Waals surface area (Å²) in [5, 5.41) is 10.9. The van der Waals surface area contributed by atoms with Gasteiger partial charge in [0.25, 0.3) is 0 Å². The third-order valence-electron chi connectivity index (χ3n) is 7.06. The Labute approximate surface area is 231 Å². The van der Waals surface area contributed by atoms with Gasteiger partial charge in [0.1, 0.15) is 17.7 Å². The number of anilines is 1. The molecule has 12 heteroatoms. The van der Waals surface area contributed by atoms with Crippen molar-refractivity contribution in [3.63, 3.8) is 0 Å². The third-order valence-corrected chi connectivity index (χ3v) is 7.96. The highest BCUT2D eigenvalue weighted by Crippen LogP contribution is 2.30. The standard InChI is InChI=1S/C27H33N9O2S/c1-18-5-3-7-34(13-18)16-21-9-25(39-33-21)32-26-27-29-12-23(36(27)14-19(2)31-26)20-10-30-35(15-20)17-24(37)28-11-22-6-4-8-38-22/h4,6,8,10,12,14-15,18,25H,3,5,7,9,11,13,16-17H2,1-2H3,(H,28,37)(H,31,32). The molecule has 39 heavy (non-hydrogen) atoms. The van der Waals surface area contributed by atoms with Gasteiger partial charge in [0, 0.05) is 43.2 Å². The summed E-state index contributed by atoms with van der Waals surface area (Å²) in [5.74, 6) is 2.07. The molecule has 2 atom stereocenters. The zero-order valence-corrected chi connectivity index (χ0v) is 23.0. The Morgan fingerprint density at radius 2 is 2.21 bits per heavy atom. The van der Waals surface area contributed by atoms with Gasteiger partial charge in [-0.05, 0) is 56.3 Å². The fraction of sp³-hybridized carbons (Fsp3) is 0.444. The second kappa shape index (κ2) is 11.2. The quantitative estimate of drug-likeness (QED) is 0.304. The number of nitrogens with one attached hydrogen (secondary N) is 2. The first-order valence-electron chi connectivity index (χ1n) is 13.4. The maximum atomic E-state index is 12.4. The zero-order valence-electron chi connectivity index (χ0n) is 22.2. The molecular formula is C27H33N9O2S. The fourth-order valence-corrected chi connectivity index (χ4v) is 6.08. The van der Waals surface area contributed by atoms with Crippen molar-refractivity contribution in [3.05, 3.63) is 54.6 Å². The number of fused-ring (bicyclic) bond motifs is 1. The number of rotatable bonds is 9. The Balaban J connectivity index is 1.11. The number of carbonyl (C=O) groups excluding carboxylic acids is 1. The Kier molecular flexibility index (Phi) is 7.38. The highest BCUT2D eigenvalue weighted by atomic mass is 32.2. The van der Waals surface area contributed by atoms with Crippen LogP contribution in [0.5, 0.6) is 0 Å². The lowest BCUT2D eigenvalue weighted by molar-refractivity contribution is -0.122. The van der Waals surface area contributed by atoms with Gasteiger partial charge in [0.05, 0.1) is 36.6 Å². The van der Waals surface area contributed by atoms with E-state index in [2.05, 4.69) is 32.5 Å². The van der Waals surface area contributed by atoms with Crippen molar-refractivity contribution in [2.45, 2.75) is 51.6 Å². The molecule has 2 N–H and O–H groups in total. The van der Waals surface area contributed by atoms with Crippen molar-refractivity contribution in [1.82, 2.24) is 34.4 Å². The smallest absolute Gasteiger partial charge is 0.242 e. The van der Waals surface area contributed by atoms with Crippen molar-refractivity contribution < 1.29 is 9.21 Å².